The summed E-state index contributed by atoms with van der Waals surface area (Å²) in [5, 5.41) is 0. The van der Waals surface area contributed by atoms with Crippen LogP contribution in [0.1, 0.15) is 23.1 Å². The maximum atomic E-state index is 12.6. The SMILES string of the molecule is COc1ccc(CNS(=O)(=O)C2=Cc3ccccc3CC2)cc1OC. The van der Waals surface area contributed by atoms with Crippen molar-refractivity contribution < 1.29 is 17.9 Å². The van der Waals surface area contributed by atoms with E-state index in [0.717, 1.165) is 17.5 Å². The van der Waals surface area contributed by atoms with Crippen molar-refractivity contribution in [2.24, 2.45) is 0 Å². The van der Waals surface area contributed by atoms with Gasteiger partial charge < -0.3 is 9.47 Å². The Kier molecular flexibility index (Phi) is 5.11. The molecular formula is C19H21NO4S. The van der Waals surface area contributed by atoms with Crippen molar-refractivity contribution >= 4 is 16.1 Å². The summed E-state index contributed by atoms with van der Waals surface area (Å²) in [5.74, 6) is 1.19. The van der Waals surface area contributed by atoms with Crippen LogP contribution >= 0.6 is 0 Å². The van der Waals surface area contributed by atoms with E-state index in [2.05, 4.69) is 4.72 Å². The Balaban J connectivity index is 1.76. The lowest BCUT2D eigenvalue weighted by molar-refractivity contribution is 0.354. The zero-order valence-electron chi connectivity index (χ0n) is 14.3. The van der Waals surface area contributed by atoms with Gasteiger partial charge in [0, 0.05) is 6.54 Å². The Labute approximate surface area is 148 Å². The third kappa shape index (κ3) is 3.86. The van der Waals surface area contributed by atoms with Gasteiger partial charge in [-0.3, -0.25) is 0 Å². The molecule has 0 heterocycles. The number of fused-ring (bicyclic) bond motifs is 1. The van der Waals surface area contributed by atoms with Gasteiger partial charge >= 0.3 is 0 Å². The lowest BCUT2D eigenvalue weighted by atomic mass is 9.98. The largest absolute Gasteiger partial charge is 0.493 e. The molecule has 1 N–H and O–H groups in total. The number of ether oxygens (including phenoxy) is 2. The number of benzene rings is 2. The molecule has 25 heavy (non-hydrogen) atoms. The van der Waals surface area contributed by atoms with E-state index < -0.39 is 10.0 Å². The van der Waals surface area contributed by atoms with E-state index in [0.29, 0.717) is 22.8 Å². The Morgan fingerprint density at radius 2 is 1.76 bits per heavy atom. The third-order valence-electron chi connectivity index (χ3n) is 4.27. The van der Waals surface area contributed by atoms with E-state index >= 15 is 0 Å². The maximum Gasteiger partial charge on any atom is 0.237 e. The van der Waals surface area contributed by atoms with Gasteiger partial charge in [0.05, 0.1) is 19.1 Å². The summed E-state index contributed by atoms with van der Waals surface area (Å²) in [6, 6.07) is 13.2. The second kappa shape index (κ2) is 7.29. The van der Waals surface area contributed by atoms with E-state index in [-0.39, 0.29) is 6.54 Å². The molecule has 132 valence electrons. The number of methoxy groups -OCH3 is 2. The van der Waals surface area contributed by atoms with Crippen LogP contribution in [0.15, 0.2) is 47.4 Å². The van der Waals surface area contributed by atoms with Crippen molar-refractivity contribution in [3.05, 3.63) is 64.1 Å². The average molecular weight is 359 g/mol. The molecule has 0 saturated carbocycles. The van der Waals surface area contributed by atoms with Crippen LogP contribution in [0, 0.1) is 0 Å². The first-order valence-corrected chi connectivity index (χ1v) is 9.51. The van der Waals surface area contributed by atoms with Gasteiger partial charge in [-0.05, 0) is 47.7 Å². The van der Waals surface area contributed by atoms with Crippen LogP contribution in [0.3, 0.4) is 0 Å². The Morgan fingerprint density at radius 1 is 1.00 bits per heavy atom. The quantitative estimate of drug-likeness (QED) is 0.861. The van der Waals surface area contributed by atoms with Gasteiger partial charge in [0.15, 0.2) is 11.5 Å². The minimum absolute atomic E-state index is 0.196. The Hall–Kier alpha value is -2.31. The molecule has 3 rings (SSSR count). The molecule has 1 aliphatic carbocycles. The van der Waals surface area contributed by atoms with Gasteiger partial charge in [-0.25, -0.2) is 13.1 Å². The first-order chi connectivity index (χ1) is 12.0. The van der Waals surface area contributed by atoms with Crippen LogP contribution in [0.5, 0.6) is 11.5 Å². The minimum atomic E-state index is -3.52. The van der Waals surface area contributed by atoms with Crippen molar-refractivity contribution in [3.8, 4) is 11.5 Å². The molecule has 0 saturated heterocycles. The molecule has 0 unspecified atom stereocenters. The van der Waals surface area contributed by atoms with Gasteiger partial charge in [0.25, 0.3) is 0 Å². The van der Waals surface area contributed by atoms with Crippen LogP contribution in [0.2, 0.25) is 0 Å². The molecule has 0 aromatic heterocycles. The number of sulfonamides is 1. The maximum absolute atomic E-state index is 12.6. The molecule has 6 heteroatoms. The Morgan fingerprint density at radius 3 is 2.52 bits per heavy atom. The van der Waals surface area contributed by atoms with Crippen LogP contribution in [0.25, 0.3) is 6.08 Å². The van der Waals surface area contributed by atoms with Crippen LogP contribution in [-0.2, 0) is 23.0 Å². The summed E-state index contributed by atoms with van der Waals surface area (Å²) in [5.41, 5.74) is 2.96. The molecule has 0 spiro atoms. The summed E-state index contributed by atoms with van der Waals surface area (Å²) in [7, 11) is -0.406. The molecular weight excluding hydrogens is 338 g/mol. The van der Waals surface area contributed by atoms with Gasteiger partial charge in [0.2, 0.25) is 10.0 Å². The summed E-state index contributed by atoms with van der Waals surface area (Å²) < 4.78 is 38.3. The summed E-state index contributed by atoms with van der Waals surface area (Å²) >= 11 is 0. The van der Waals surface area contributed by atoms with Crippen molar-refractivity contribution in [2.75, 3.05) is 14.2 Å². The molecule has 2 aromatic rings. The first-order valence-electron chi connectivity index (χ1n) is 8.02. The van der Waals surface area contributed by atoms with Crippen molar-refractivity contribution in [3.63, 3.8) is 0 Å². The standard InChI is InChI=1S/C19H21NO4S/c1-23-18-10-7-14(11-19(18)24-2)13-20-25(21,22)17-9-8-15-5-3-4-6-16(15)12-17/h3-7,10-12,20H,8-9,13H2,1-2H3. The van der Waals surface area contributed by atoms with E-state index in [9.17, 15) is 8.42 Å². The number of allylic oxidation sites excluding steroid dienone is 1. The predicted octanol–water partition coefficient (Wildman–Crippen LogP) is 3.11. The highest BCUT2D eigenvalue weighted by atomic mass is 32.2. The fourth-order valence-corrected chi connectivity index (χ4v) is 4.07. The Bertz CT molecular complexity index is 903. The first kappa shape index (κ1) is 17.5. The third-order valence-corrected chi connectivity index (χ3v) is 5.81. The number of hydrogen-bond acceptors (Lipinski definition) is 4. The lowest BCUT2D eigenvalue weighted by Gasteiger charge is -2.17. The fourth-order valence-electron chi connectivity index (χ4n) is 2.88. The van der Waals surface area contributed by atoms with Crippen LogP contribution in [-0.4, -0.2) is 22.6 Å². The summed E-state index contributed by atoms with van der Waals surface area (Å²) in [4.78, 5) is 0.423. The number of aryl methyl sites for hydroxylation is 1. The molecule has 0 radical (unpaired) electrons. The van der Waals surface area contributed by atoms with E-state index in [1.807, 2.05) is 30.3 Å². The molecule has 0 fully saturated rings. The normalized spacial score (nSPS) is 13.8. The molecule has 2 aromatic carbocycles. The molecule has 0 bridgehead atoms. The summed E-state index contributed by atoms with van der Waals surface area (Å²) in [6.07, 6.45) is 3.01. The topological polar surface area (TPSA) is 64.6 Å². The fraction of sp³-hybridized carbons (Fsp3) is 0.263. The van der Waals surface area contributed by atoms with Crippen LogP contribution < -0.4 is 14.2 Å². The predicted molar refractivity (Wildman–Crippen MR) is 98.0 cm³/mol. The molecule has 0 atom stereocenters. The van der Waals surface area contributed by atoms with E-state index in [1.165, 1.54) is 5.56 Å². The smallest absolute Gasteiger partial charge is 0.237 e. The van der Waals surface area contributed by atoms with Crippen molar-refractivity contribution in [1.82, 2.24) is 4.72 Å². The minimum Gasteiger partial charge on any atom is -0.493 e. The second-order valence-corrected chi connectivity index (χ2v) is 7.64. The van der Waals surface area contributed by atoms with Crippen LogP contribution in [0.4, 0.5) is 0 Å². The van der Waals surface area contributed by atoms with Gasteiger partial charge in [0.1, 0.15) is 0 Å². The number of hydrogen-bond donors (Lipinski definition) is 1. The highest BCUT2D eigenvalue weighted by Gasteiger charge is 2.21. The number of nitrogens with one attached hydrogen (secondary N) is 1. The highest BCUT2D eigenvalue weighted by Crippen LogP contribution is 2.29. The van der Waals surface area contributed by atoms with E-state index in [1.54, 1.807) is 32.4 Å². The second-order valence-electron chi connectivity index (χ2n) is 5.82. The molecule has 1 aliphatic rings. The van der Waals surface area contributed by atoms with Crippen molar-refractivity contribution in [1.29, 1.82) is 0 Å². The monoisotopic (exact) mass is 359 g/mol. The number of rotatable bonds is 6. The highest BCUT2D eigenvalue weighted by molar-refractivity contribution is 7.93. The summed E-state index contributed by atoms with van der Waals surface area (Å²) in [6.45, 7) is 0.196. The average Bonchev–Trinajstić information content (AvgIpc) is 2.65. The zero-order valence-corrected chi connectivity index (χ0v) is 15.1. The molecule has 5 nitrogen and oxygen atoms in total. The lowest BCUT2D eigenvalue weighted by Crippen LogP contribution is -2.25. The molecule has 0 aliphatic heterocycles. The van der Waals surface area contributed by atoms with Gasteiger partial charge in [-0.1, -0.05) is 30.3 Å². The van der Waals surface area contributed by atoms with Crippen molar-refractivity contribution in [2.45, 2.75) is 19.4 Å². The van der Waals surface area contributed by atoms with Gasteiger partial charge in [-0.2, -0.15) is 0 Å². The van der Waals surface area contributed by atoms with E-state index in [4.69, 9.17) is 9.47 Å². The molecule has 0 amide bonds. The van der Waals surface area contributed by atoms with Gasteiger partial charge in [-0.15, -0.1) is 0 Å². The zero-order chi connectivity index (χ0) is 17.9.